The molecule has 3 aromatic carbocycles. The molecular weight excluding hydrogens is 1020 g/mol. The summed E-state index contributed by atoms with van der Waals surface area (Å²) in [6.45, 7) is 17.1. The number of ether oxygens (including phenoxy) is 2. The molecule has 1 atom stereocenters. The van der Waals surface area contributed by atoms with E-state index in [-0.39, 0.29) is 114 Å². The van der Waals surface area contributed by atoms with Crippen molar-refractivity contribution in [1.29, 1.82) is 5.26 Å². The molecule has 11 nitrogen and oxygen atoms in total. The van der Waals surface area contributed by atoms with Gasteiger partial charge in [0.15, 0.2) is 5.60 Å². The van der Waals surface area contributed by atoms with Gasteiger partial charge >= 0.3 is 30.1 Å². The summed E-state index contributed by atoms with van der Waals surface area (Å²) in [4.78, 5) is 42.4. The Bertz CT molecular complexity index is 2670. The topological polar surface area (TPSA) is 122 Å². The third-order valence-electron chi connectivity index (χ3n) is 12.0. The zero-order valence-corrected chi connectivity index (χ0v) is 42.8. The van der Waals surface area contributed by atoms with E-state index in [1.807, 2.05) is 32.4 Å². The number of amides is 2. The number of fused-ring (bicyclic) bond motifs is 8. The molecule has 0 N–H and O–H groups in total. The summed E-state index contributed by atoms with van der Waals surface area (Å²) in [6, 6.07) is 7.25. The number of halogens is 9. The van der Waals surface area contributed by atoms with Crippen LogP contribution >= 0.6 is 55.1 Å². The Balaban J connectivity index is 1.44. The molecule has 0 aromatic heterocycles. The van der Waals surface area contributed by atoms with Crippen LogP contribution in [0.3, 0.4) is 0 Å². The van der Waals surface area contributed by atoms with E-state index in [1.54, 1.807) is 13.8 Å². The maximum absolute atomic E-state index is 14.6. The zero-order chi connectivity index (χ0) is 51.2. The van der Waals surface area contributed by atoms with Gasteiger partial charge in [-0.1, -0.05) is 47.0 Å². The molecule has 1 spiro atoms. The van der Waals surface area contributed by atoms with Crippen molar-refractivity contribution in [2.24, 2.45) is 0 Å². The van der Waals surface area contributed by atoms with Gasteiger partial charge in [0.05, 0.1) is 68.8 Å². The number of nitriles is 1. The van der Waals surface area contributed by atoms with Gasteiger partial charge in [-0.3, -0.25) is 19.4 Å². The van der Waals surface area contributed by atoms with Crippen LogP contribution in [0.4, 0.5) is 37.7 Å². The van der Waals surface area contributed by atoms with Crippen LogP contribution in [0.1, 0.15) is 114 Å². The Morgan fingerprint density at radius 1 is 0.797 bits per heavy atom. The van der Waals surface area contributed by atoms with Crippen molar-refractivity contribution in [2.45, 2.75) is 122 Å². The molecular formula is C47H46Cl3F6N4O7PS. The summed E-state index contributed by atoms with van der Waals surface area (Å²) in [7, 11) is -1.61. The number of rotatable bonds is 11. The van der Waals surface area contributed by atoms with Gasteiger partial charge in [-0.25, -0.2) is 9.46 Å². The third kappa shape index (κ3) is 9.02. The average molecular weight is 1060 g/mol. The van der Waals surface area contributed by atoms with E-state index in [4.69, 9.17) is 58.6 Å². The molecule has 0 saturated carbocycles. The minimum Gasteiger partial charge on any atom is -0.456 e. The highest BCUT2D eigenvalue weighted by Crippen LogP contribution is 2.64. The van der Waals surface area contributed by atoms with Gasteiger partial charge in [0.25, 0.3) is 8.53 Å². The number of nitrogens with zero attached hydrogens (tertiary/aromatic N) is 4. The van der Waals surface area contributed by atoms with Crippen LogP contribution in [0.2, 0.25) is 15.1 Å². The second-order valence-electron chi connectivity index (χ2n) is 18.4. The first-order valence-electron chi connectivity index (χ1n) is 21.5. The molecule has 4 aliphatic rings. The van der Waals surface area contributed by atoms with Crippen LogP contribution in [0, 0.1) is 11.3 Å². The predicted molar refractivity (Wildman–Crippen MR) is 254 cm³/mol. The maximum Gasteiger partial charge on any atom is 0.471 e. The molecule has 4 heterocycles. The van der Waals surface area contributed by atoms with Gasteiger partial charge in [0.1, 0.15) is 11.5 Å². The lowest BCUT2D eigenvalue weighted by Gasteiger charge is -2.45. The molecule has 3 aromatic rings. The SMILES string of the molecule is CC1=CC(C)(C)N(C(=O)C(F)(F)F)c2cc3c(cc21)C1(OC(=O)c2c(Cl)c(SCCOP(OCCC#N)N(C(C)C)C(C)C)c(Cl)c(Cl)c21)c1cc2c(cc1O3)N(C(=O)C(F)(F)F)C(C)(C)C=C2C. The summed E-state index contributed by atoms with van der Waals surface area (Å²) in [5.74, 6) is -5.73. The van der Waals surface area contributed by atoms with E-state index in [1.165, 1.54) is 52.0 Å². The average Bonchev–Trinajstić information content (AvgIpc) is 3.52. The first-order chi connectivity index (χ1) is 31.9. The molecule has 2 amide bonds. The smallest absolute Gasteiger partial charge is 0.456 e. The number of esters is 1. The van der Waals surface area contributed by atoms with E-state index in [0.29, 0.717) is 20.9 Å². The number of benzene rings is 3. The summed E-state index contributed by atoms with van der Waals surface area (Å²) in [5, 5.41) is 8.60. The van der Waals surface area contributed by atoms with E-state index >= 15 is 0 Å². The number of anilines is 2. The number of hydrogen-bond acceptors (Lipinski definition) is 10. The Hall–Kier alpha value is -4.05. The standard InChI is InChI=1S/C47H46Cl3F6N4O7PS/c1-22(2)60(23(3)4)68(64-13-11-12-57)65-14-15-69-39-36(48)34-35(37(49)38(39)50)45(67-40(34)61)28-16-26-24(5)20-43(7,8)58(41(62)46(51,52)53)30(26)18-32(28)66-33-19-31-27(17-29(33)45)25(6)21-44(9,10)59(31)42(63)47(54,55)56/h16-23H,11,13-15H2,1-10H3. The largest absolute Gasteiger partial charge is 0.471 e. The Kier molecular flexibility index (Phi) is 14.2. The van der Waals surface area contributed by atoms with E-state index in [2.05, 4.69) is 6.07 Å². The molecule has 4 aliphatic heterocycles. The summed E-state index contributed by atoms with van der Waals surface area (Å²) >= 11 is 22.7. The molecule has 0 radical (unpaired) electrons. The monoisotopic (exact) mass is 1060 g/mol. The van der Waals surface area contributed by atoms with Crippen molar-refractivity contribution < 1.29 is 59.2 Å². The number of allylic oxidation sites excluding steroid dienone is 2. The van der Waals surface area contributed by atoms with Crippen LogP contribution in [0.25, 0.3) is 11.1 Å². The predicted octanol–water partition coefficient (Wildman–Crippen LogP) is 13.8. The minimum absolute atomic E-state index is 0.00103. The molecule has 370 valence electrons. The Morgan fingerprint density at radius 3 is 1.70 bits per heavy atom. The van der Waals surface area contributed by atoms with Gasteiger partial charge in [0, 0.05) is 62.7 Å². The van der Waals surface area contributed by atoms with E-state index in [9.17, 15) is 40.7 Å². The van der Waals surface area contributed by atoms with Crippen LogP contribution in [0.15, 0.2) is 41.3 Å². The highest BCUT2D eigenvalue weighted by molar-refractivity contribution is 7.99. The lowest BCUT2D eigenvalue weighted by molar-refractivity contribution is -0.171. The molecule has 22 heteroatoms. The Morgan fingerprint density at radius 2 is 1.26 bits per heavy atom. The maximum atomic E-state index is 14.6. The van der Waals surface area contributed by atoms with E-state index < -0.39 is 55.3 Å². The summed E-state index contributed by atoms with van der Waals surface area (Å²) in [6.07, 6.45) is -7.56. The quantitative estimate of drug-likeness (QED) is 0.0458. The van der Waals surface area contributed by atoms with Crippen LogP contribution in [0.5, 0.6) is 11.5 Å². The fourth-order valence-electron chi connectivity index (χ4n) is 9.56. The first kappa shape index (κ1) is 52.8. The second-order valence-corrected chi connectivity index (χ2v) is 22.1. The molecule has 0 fully saturated rings. The van der Waals surface area contributed by atoms with Crippen molar-refractivity contribution in [1.82, 2.24) is 4.67 Å². The molecule has 7 rings (SSSR count). The van der Waals surface area contributed by atoms with E-state index in [0.717, 1.165) is 23.9 Å². The number of carbonyl (C=O) groups excluding carboxylic acids is 3. The van der Waals surface area contributed by atoms with Crippen LogP contribution in [-0.4, -0.2) is 76.9 Å². The van der Waals surface area contributed by atoms with Crippen molar-refractivity contribution in [3.05, 3.63) is 84.9 Å². The number of carbonyl (C=O) groups is 3. The fourth-order valence-corrected chi connectivity index (χ4v) is 13.3. The summed E-state index contributed by atoms with van der Waals surface area (Å²) in [5.41, 5.74) is -5.01. The molecule has 0 aliphatic carbocycles. The highest BCUT2D eigenvalue weighted by Gasteiger charge is 2.59. The van der Waals surface area contributed by atoms with Gasteiger partial charge in [0.2, 0.25) is 0 Å². The molecule has 69 heavy (non-hydrogen) atoms. The number of hydrogen-bond donors (Lipinski definition) is 0. The van der Waals surface area contributed by atoms with Crippen molar-refractivity contribution in [3.8, 4) is 17.6 Å². The number of alkyl halides is 6. The van der Waals surface area contributed by atoms with Gasteiger partial charge in [-0.15, -0.1) is 11.8 Å². The van der Waals surface area contributed by atoms with Gasteiger partial charge < -0.3 is 18.5 Å². The molecule has 0 saturated heterocycles. The normalized spacial score (nSPS) is 17.9. The summed E-state index contributed by atoms with van der Waals surface area (Å²) < 4.78 is 113. The number of thioether (sulfide) groups is 1. The molecule has 1 unspecified atom stereocenters. The second kappa shape index (κ2) is 18.5. The Labute approximate surface area is 415 Å². The minimum atomic E-state index is -5.33. The van der Waals surface area contributed by atoms with Gasteiger partial charge in [-0.2, -0.15) is 31.6 Å². The third-order valence-corrected chi connectivity index (χ3v) is 16.6. The lowest BCUT2D eigenvalue weighted by Crippen LogP contribution is -2.54. The molecule has 0 bridgehead atoms. The zero-order valence-electron chi connectivity index (χ0n) is 38.9. The lowest BCUT2D eigenvalue weighted by atomic mass is 9.74. The highest BCUT2D eigenvalue weighted by atomic mass is 35.5. The van der Waals surface area contributed by atoms with Crippen LogP contribution in [-0.2, 0) is 29.0 Å². The van der Waals surface area contributed by atoms with Crippen molar-refractivity contribution in [3.63, 3.8) is 0 Å². The van der Waals surface area contributed by atoms with Crippen LogP contribution < -0.4 is 14.5 Å². The first-order valence-corrected chi connectivity index (χ1v) is 24.7. The fraction of sp³-hybridized carbons (Fsp3) is 0.447. The van der Waals surface area contributed by atoms with Crippen molar-refractivity contribution >= 4 is 95.4 Å². The van der Waals surface area contributed by atoms with Crippen molar-refractivity contribution in [2.75, 3.05) is 28.8 Å². The van der Waals surface area contributed by atoms with Gasteiger partial charge in [-0.05, 0) is 92.5 Å².